The number of nitrogens with one attached hydrogen (secondary N) is 1. The largest absolute Gasteiger partial charge is 0.322 e. The molecule has 98 valence electrons. The van der Waals surface area contributed by atoms with Crippen LogP contribution < -0.4 is 5.32 Å². The summed E-state index contributed by atoms with van der Waals surface area (Å²) in [6.45, 7) is 5.25. The molecule has 19 heavy (non-hydrogen) atoms. The first-order valence-corrected chi connectivity index (χ1v) is 5.93. The highest BCUT2D eigenvalue weighted by Gasteiger charge is 2.35. The molecule has 0 aromatic heterocycles. The highest BCUT2D eigenvalue weighted by atomic mass is 16.2. The molecule has 5 heteroatoms. The number of fused-ring (bicyclic) bond motifs is 1. The second-order valence-electron chi connectivity index (χ2n) is 4.23. The molecule has 0 saturated carbocycles. The zero-order valence-electron chi connectivity index (χ0n) is 10.8. The van der Waals surface area contributed by atoms with Gasteiger partial charge in [0, 0.05) is 12.7 Å². The maximum Gasteiger partial charge on any atom is 0.261 e. The number of anilines is 1. The van der Waals surface area contributed by atoms with E-state index in [1.54, 1.807) is 12.1 Å². The fraction of sp³-hybridized carbons (Fsp3) is 0.214. The van der Waals surface area contributed by atoms with E-state index in [-0.39, 0.29) is 17.7 Å². The van der Waals surface area contributed by atoms with E-state index in [0.29, 0.717) is 28.8 Å². The van der Waals surface area contributed by atoms with E-state index < -0.39 is 0 Å². The van der Waals surface area contributed by atoms with Gasteiger partial charge < -0.3 is 5.32 Å². The van der Waals surface area contributed by atoms with Gasteiger partial charge in [-0.05, 0) is 30.2 Å². The van der Waals surface area contributed by atoms with Gasteiger partial charge >= 0.3 is 0 Å². The van der Waals surface area contributed by atoms with Gasteiger partial charge in [0.2, 0.25) is 5.91 Å². The normalized spacial score (nSPS) is 13.5. The second kappa shape index (κ2) is 4.68. The van der Waals surface area contributed by atoms with Crippen LogP contribution in [0.4, 0.5) is 5.69 Å². The number of carbonyl (C=O) groups is 3. The Kier molecular flexibility index (Phi) is 3.21. The van der Waals surface area contributed by atoms with E-state index in [4.69, 9.17) is 0 Å². The van der Waals surface area contributed by atoms with Gasteiger partial charge in [-0.1, -0.05) is 13.5 Å². The molecule has 2 rings (SSSR count). The van der Waals surface area contributed by atoms with Crippen LogP contribution in [0.2, 0.25) is 0 Å². The fourth-order valence-electron chi connectivity index (χ4n) is 2.18. The minimum atomic E-state index is -0.347. The van der Waals surface area contributed by atoms with E-state index in [0.717, 1.165) is 11.0 Å². The van der Waals surface area contributed by atoms with E-state index in [1.807, 2.05) is 6.92 Å². The first kappa shape index (κ1) is 13.0. The third kappa shape index (κ3) is 1.93. The zero-order valence-corrected chi connectivity index (χ0v) is 10.8. The lowest BCUT2D eigenvalue weighted by atomic mass is 9.98. The van der Waals surface area contributed by atoms with E-state index in [1.165, 1.54) is 7.05 Å². The van der Waals surface area contributed by atoms with Crippen molar-refractivity contribution < 1.29 is 14.4 Å². The molecule has 1 aliphatic heterocycles. The summed E-state index contributed by atoms with van der Waals surface area (Å²) in [7, 11) is 1.45. The standard InChI is InChI=1S/C14H14N2O3/c1-4-8-10(15-11(17)5-2)7-6-9-12(8)14(19)16(3)13(9)18/h5-7H,2,4H2,1,3H3,(H,15,17). The average Bonchev–Trinajstić information content (AvgIpc) is 2.63. The van der Waals surface area contributed by atoms with Crippen LogP contribution in [0, 0.1) is 0 Å². The number of carbonyl (C=O) groups excluding carboxylic acids is 3. The molecule has 0 aliphatic carbocycles. The number of amides is 3. The summed E-state index contributed by atoms with van der Waals surface area (Å²) in [6.07, 6.45) is 1.70. The summed E-state index contributed by atoms with van der Waals surface area (Å²) < 4.78 is 0. The van der Waals surface area contributed by atoms with E-state index >= 15 is 0 Å². The maximum atomic E-state index is 12.1. The number of nitrogens with zero attached hydrogens (tertiary/aromatic N) is 1. The van der Waals surface area contributed by atoms with Crippen molar-refractivity contribution in [3.8, 4) is 0 Å². The molecule has 0 fully saturated rings. The summed E-state index contributed by atoms with van der Waals surface area (Å²) in [5, 5.41) is 2.65. The summed E-state index contributed by atoms with van der Waals surface area (Å²) in [5.74, 6) is -0.984. The maximum absolute atomic E-state index is 12.1. The Morgan fingerprint density at radius 3 is 2.63 bits per heavy atom. The highest BCUT2D eigenvalue weighted by Crippen LogP contribution is 2.30. The highest BCUT2D eigenvalue weighted by molar-refractivity contribution is 6.22. The van der Waals surface area contributed by atoms with Crippen LogP contribution in [-0.2, 0) is 11.2 Å². The molecule has 0 saturated heterocycles. The number of rotatable bonds is 3. The lowest BCUT2D eigenvalue weighted by Gasteiger charge is -2.11. The lowest BCUT2D eigenvalue weighted by molar-refractivity contribution is -0.111. The Balaban J connectivity index is 2.58. The van der Waals surface area contributed by atoms with Gasteiger partial charge in [-0.3, -0.25) is 19.3 Å². The van der Waals surface area contributed by atoms with Crippen molar-refractivity contribution in [2.45, 2.75) is 13.3 Å². The number of hydrogen-bond acceptors (Lipinski definition) is 3. The van der Waals surface area contributed by atoms with Crippen molar-refractivity contribution in [1.29, 1.82) is 0 Å². The number of benzene rings is 1. The molecule has 1 heterocycles. The molecule has 0 unspecified atom stereocenters. The minimum Gasteiger partial charge on any atom is -0.322 e. The van der Waals surface area contributed by atoms with Gasteiger partial charge in [0.1, 0.15) is 0 Å². The van der Waals surface area contributed by atoms with E-state index in [9.17, 15) is 14.4 Å². The predicted octanol–water partition coefficient (Wildman–Crippen LogP) is 1.60. The lowest BCUT2D eigenvalue weighted by Crippen LogP contribution is -2.24. The smallest absolute Gasteiger partial charge is 0.261 e. The topological polar surface area (TPSA) is 66.5 Å². The molecule has 5 nitrogen and oxygen atoms in total. The molecule has 0 bridgehead atoms. The van der Waals surface area contributed by atoms with Gasteiger partial charge in [-0.2, -0.15) is 0 Å². The predicted molar refractivity (Wildman–Crippen MR) is 71.1 cm³/mol. The monoisotopic (exact) mass is 258 g/mol. The summed E-state index contributed by atoms with van der Waals surface area (Å²) in [6, 6.07) is 3.21. The van der Waals surface area contributed by atoms with Crippen molar-refractivity contribution in [2.24, 2.45) is 0 Å². The van der Waals surface area contributed by atoms with Crippen molar-refractivity contribution in [2.75, 3.05) is 12.4 Å². The van der Waals surface area contributed by atoms with Crippen LogP contribution in [0.3, 0.4) is 0 Å². The molecule has 1 aliphatic rings. The van der Waals surface area contributed by atoms with Crippen LogP contribution in [0.5, 0.6) is 0 Å². The van der Waals surface area contributed by atoms with Gasteiger partial charge in [0.05, 0.1) is 11.1 Å². The minimum absolute atomic E-state index is 0.309. The van der Waals surface area contributed by atoms with Gasteiger partial charge in [-0.15, -0.1) is 0 Å². The van der Waals surface area contributed by atoms with E-state index in [2.05, 4.69) is 11.9 Å². The SMILES string of the molecule is C=CC(=O)Nc1ccc2c(c1CC)C(=O)N(C)C2=O. The Morgan fingerprint density at radius 1 is 1.37 bits per heavy atom. The molecular weight excluding hydrogens is 244 g/mol. The Labute approximate surface area is 110 Å². The molecule has 1 N–H and O–H groups in total. The van der Waals surface area contributed by atoms with Crippen LogP contribution in [-0.4, -0.2) is 29.7 Å². The van der Waals surface area contributed by atoms with Crippen LogP contribution in [0.1, 0.15) is 33.2 Å². The molecular formula is C14H14N2O3. The molecule has 0 spiro atoms. The van der Waals surface area contributed by atoms with Gasteiger partial charge in [0.25, 0.3) is 11.8 Å². The molecule has 0 radical (unpaired) electrons. The third-order valence-electron chi connectivity index (χ3n) is 3.16. The summed E-state index contributed by atoms with van der Waals surface area (Å²) in [4.78, 5) is 36.4. The Bertz CT molecular complexity index is 605. The number of imide groups is 1. The third-order valence-corrected chi connectivity index (χ3v) is 3.16. The molecule has 0 atom stereocenters. The number of hydrogen-bond donors (Lipinski definition) is 1. The molecule has 1 aromatic rings. The first-order valence-electron chi connectivity index (χ1n) is 5.93. The second-order valence-corrected chi connectivity index (χ2v) is 4.23. The van der Waals surface area contributed by atoms with Crippen molar-refractivity contribution >= 4 is 23.4 Å². The molecule has 3 amide bonds. The van der Waals surface area contributed by atoms with Gasteiger partial charge in [-0.25, -0.2) is 0 Å². The Morgan fingerprint density at radius 2 is 2.05 bits per heavy atom. The van der Waals surface area contributed by atoms with Crippen molar-refractivity contribution in [3.05, 3.63) is 41.5 Å². The van der Waals surface area contributed by atoms with Crippen LogP contribution in [0.15, 0.2) is 24.8 Å². The molecule has 1 aromatic carbocycles. The zero-order chi connectivity index (χ0) is 14.2. The van der Waals surface area contributed by atoms with Crippen molar-refractivity contribution in [3.63, 3.8) is 0 Å². The first-order chi connectivity index (χ1) is 9.01. The summed E-state index contributed by atoms with van der Waals surface area (Å²) >= 11 is 0. The van der Waals surface area contributed by atoms with Gasteiger partial charge in [0.15, 0.2) is 0 Å². The van der Waals surface area contributed by atoms with Crippen molar-refractivity contribution in [1.82, 2.24) is 4.90 Å². The average molecular weight is 258 g/mol. The fourth-order valence-corrected chi connectivity index (χ4v) is 2.18. The quantitative estimate of drug-likeness (QED) is 0.661. The van der Waals surface area contributed by atoms with Crippen LogP contribution in [0.25, 0.3) is 0 Å². The Hall–Kier alpha value is -2.43. The summed E-state index contributed by atoms with van der Waals surface area (Å²) in [5.41, 5.74) is 2.00. The van der Waals surface area contributed by atoms with Crippen LogP contribution >= 0.6 is 0 Å².